The van der Waals surface area contributed by atoms with Gasteiger partial charge in [-0.3, -0.25) is 9.59 Å². The predicted octanol–water partition coefficient (Wildman–Crippen LogP) is 3.31. The molecule has 1 heterocycles. The monoisotopic (exact) mass is 498 g/mol. The molecule has 0 saturated carbocycles. The summed E-state index contributed by atoms with van der Waals surface area (Å²) < 4.78 is 27.0. The van der Waals surface area contributed by atoms with E-state index in [2.05, 4.69) is 15.6 Å². The minimum Gasteiger partial charge on any atom is -0.361 e. The Bertz CT molecular complexity index is 1280. The molecule has 1 aromatic heterocycles. The fraction of sp³-hybridized carbons (Fsp3) is 0.385. The number of hydrogen-bond acceptors (Lipinski definition) is 4. The third-order valence-electron chi connectivity index (χ3n) is 6.04. The first-order valence-electron chi connectivity index (χ1n) is 11.9. The molecule has 0 fully saturated rings. The molecule has 1 unspecified atom stereocenters. The van der Waals surface area contributed by atoms with E-state index in [1.165, 1.54) is 22.5 Å². The van der Waals surface area contributed by atoms with Crippen molar-refractivity contribution in [3.05, 3.63) is 65.9 Å². The summed E-state index contributed by atoms with van der Waals surface area (Å²) >= 11 is 0. The maximum atomic E-state index is 13.0. The van der Waals surface area contributed by atoms with Crippen LogP contribution in [0, 0.1) is 5.92 Å². The van der Waals surface area contributed by atoms with Crippen molar-refractivity contribution < 1.29 is 18.0 Å². The van der Waals surface area contributed by atoms with E-state index >= 15 is 0 Å². The van der Waals surface area contributed by atoms with E-state index in [1.807, 2.05) is 44.3 Å². The highest BCUT2D eigenvalue weighted by Crippen LogP contribution is 2.19. The number of sulfonamides is 1. The summed E-state index contributed by atoms with van der Waals surface area (Å²) in [6.07, 6.45) is 2.59. The van der Waals surface area contributed by atoms with E-state index in [4.69, 9.17) is 0 Å². The lowest BCUT2D eigenvalue weighted by molar-refractivity contribution is -0.123. The fourth-order valence-electron chi connectivity index (χ4n) is 4.04. The summed E-state index contributed by atoms with van der Waals surface area (Å²) in [5.74, 6) is -0.929. The van der Waals surface area contributed by atoms with Gasteiger partial charge in [-0.15, -0.1) is 0 Å². The van der Waals surface area contributed by atoms with Gasteiger partial charge >= 0.3 is 0 Å². The number of hydrogen-bond donors (Lipinski definition) is 3. The molecule has 188 valence electrons. The van der Waals surface area contributed by atoms with Crippen LogP contribution >= 0.6 is 0 Å². The van der Waals surface area contributed by atoms with Crippen molar-refractivity contribution in [2.45, 2.75) is 45.1 Å². The van der Waals surface area contributed by atoms with Gasteiger partial charge in [0.25, 0.3) is 5.91 Å². The first-order chi connectivity index (χ1) is 16.7. The predicted molar refractivity (Wildman–Crippen MR) is 138 cm³/mol. The van der Waals surface area contributed by atoms with Crippen LogP contribution in [0.2, 0.25) is 0 Å². The molecule has 0 bridgehead atoms. The molecule has 9 heteroatoms. The molecule has 0 aliphatic heterocycles. The van der Waals surface area contributed by atoms with Crippen LogP contribution in [0.4, 0.5) is 0 Å². The number of fused-ring (bicyclic) bond motifs is 1. The maximum absolute atomic E-state index is 13.0. The minimum absolute atomic E-state index is 0.0538. The number of rotatable bonds is 11. The molecule has 3 aromatic rings. The second-order valence-corrected chi connectivity index (χ2v) is 10.7. The summed E-state index contributed by atoms with van der Waals surface area (Å²) in [5, 5.41) is 6.82. The fourth-order valence-corrected chi connectivity index (χ4v) is 5.54. The van der Waals surface area contributed by atoms with Crippen LogP contribution in [0.15, 0.2) is 59.6 Å². The van der Waals surface area contributed by atoms with Gasteiger partial charge in [-0.2, -0.15) is 4.31 Å². The summed E-state index contributed by atoms with van der Waals surface area (Å²) in [6, 6.07) is 13.1. The molecule has 0 saturated heterocycles. The van der Waals surface area contributed by atoms with Gasteiger partial charge in [-0.1, -0.05) is 52.0 Å². The third kappa shape index (κ3) is 6.10. The number of H-pyrrole nitrogens is 1. The molecule has 0 radical (unpaired) electrons. The Kier molecular flexibility index (Phi) is 8.69. The number of benzene rings is 2. The zero-order valence-electron chi connectivity index (χ0n) is 20.7. The number of para-hydroxylation sites is 1. The van der Waals surface area contributed by atoms with Gasteiger partial charge in [-0.05, 0) is 42.2 Å². The Morgan fingerprint density at radius 3 is 2.43 bits per heavy atom. The van der Waals surface area contributed by atoms with Crippen LogP contribution in [0.1, 0.15) is 43.6 Å². The molecule has 3 rings (SSSR count). The summed E-state index contributed by atoms with van der Waals surface area (Å²) in [7, 11) is -3.70. The summed E-state index contributed by atoms with van der Waals surface area (Å²) in [6.45, 7) is 8.34. The second kappa shape index (κ2) is 11.5. The number of nitrogens with one attached hydrogen (secondary N) is 3. The first kappa shape index (κ1) is 26.4. The van der Waals surface area contributed by atoms with Crippen LogP contribution in [0.25, 0.3) is 10.9 Å². The van der Waals surface area contributed by atoms with Crippen molar-refractivity contribution in [2.24, 2.45) is 5.92 Å². The van der Waals surface area contributed by atoms with Crippen LogP contribution in [0.3, 0.4) is 0 Å². The quantitative estimate of drug-likeness (QED) is 0.377. The van der Waals surface area contributed by atoms with Gasteiger partial charge in [0.15, 0.2) is 0 Å². The van der Waals surface area contributed by atoms with Gasteiger partial charge in [0.1, 0.15) is 6.04 Å². The van der Waals surface area contributed by atoms with E-state index in [0.717, 1.165) is 16.5 Å². The van der Waals surface area contributed by atoms with Crippen molar-refractivity contribution in [1.29, 1.82) is 0 Å². The van der Waals surface area contributed by atoms with Gasteiger partial charge in [0.05, 0.1) is 4.90 Å². The van der Waals surface area contributed by atoms with Gasteiger partial charge < -0.3 is 15.6 Å². The van der Waals surface area contributed by atoms with Gasteiger partial charge in [0, 0.05) is 42.3 Å². The average molecular weight is 499 g/mol. The van der Waals surface area contributed by atoms with E-state index < -0.39 is 22.0 Å². The molecule has 0 spiro atoms. The van der Waals surface area contributed by atoms with Crippen molar-refractivity contribution in [3.63, 3.8) is 0 Å². The van der Waals surface area contributed by atoms with Crippen LogP contribution in [0.5, 0.6) is 0 Å². The van der Waals surface area contributed by atoms with Crippen LogP contribution in [-0.4, -0.2) is 55.2 Å². The molecule has 2 amide bonds. The molecule has 0 aliphatic rings. The summed E-state index contributed by atoms with van der Waals surface area (Å²) in [5.41, 5.74) is 2.35. The van der Waals surface area contributed by atoms with E-state index in [9.17, 15) is 18.0 Å². The second-order valence-electron chi connectivity index (χ2n) is 8.71. The molecule has 8 nitrogen and oxygen atoms in total. The third-order valence-corrected chi connectivity index (χ3v) is 8.09. The normalized spacial score (nSPS) is 12.7. The zero-order chi connectivity index (χ0) is 25.6. The molecule has 2 aromatic carbocycles. The van der Waals surface area contributed by atoms with Crippen LogP contribution in [-0.2, 0) is 21.2 Å². The standard InChI is InChI=1S/C26H34N4O4S/c1-5-30(6-2)35(33,34)21-11-9-10-19(16-21)25(31)29-24(18(3)4)26(32)27-15-14-20-17-28-23-13-8-7-12-22(20)23/h7-13,16-18,24,28H,5-6,14-15H2,1-4H3,(H,27,32)(H,29,31). The SMILES string of the molecule is CCN(CC)S(=O)(=O)c1cccc(C(=O)NC(C(=O)NCCc2c[nH]c3ccccc23)C(C)C)c1. The molecular formula is C26H34N4O4S. The van der Waals surface area contributed by atoms with E-state index in [0.29, 0.717) is 26.1 Å². The first-order valence-corrected chi connectivity index (χ1v) is 13.4. The van der Waals surface area contributed by atoms with Crippen molar-refractivity contribution >= 4 is 32.7 Å². The number of amides is 2. The van der Waals surface area contributed by atoms with Crippen molar-refractivity contribution in [2.75, 3.05) is 19.6 Å². The van der Waals surface area contributed by atoms with Crippen LogP contribution < -0.4 is 10.6 Å². The summed E-state index contributed by atoms with van der Waals surface area (Å²) in [4.78, 5) is 29.1. The number of carbonyl (C=O) groups is 2. The van der Waals surface area contributed by atoms with Crippen molar-refractivity contribution in [3.8, 4) is 0 Å². The number of aromatic amines is 1. The molecule has 3 N–H and O–H groups in total. The highest BCUT2D eigenvalue weighted by Gasteiger charge is 2.26. The molecule has 35 heavy (non-hydrogen) atoms. The molecule has 0 aliphatic carbocycles. The largest absolute Gasteiger partial charge is 0.361 e. The van der Waals surface area contributed by atoms with E-state index in [-0.39, 0.29) is 22.3 Å². The maximum Gasteiger partial charge on any atom is 0.251 e. The highest BCUT2D eigenvalue weighted by molar-refractivity contribution is 7.89. The lowest BCUT2D eigenvalue weighted by atomic mass is 10.0. The Morgan fingerprint density at radius 1 is 1.03 bits per heavy atom. The Labute approximate surface area is 207 Å². The van der Waals surface area contributed by atoms with E-state index in [1.54, 1.807) is 19.9 Å². The van der Waals surface area contributed by atoms with Gasteiger partial charge in [-0.25, -0.2) is 8.42 Å². The molecule has 1 atom stereocenters. The lowest BCUT2D eigenvalue weighted by Gasteiger charge is -2.22. The molecular weight excluding hydrogens is 464 g/mol. The Morgan fingerprint density at radius 2 is 1.74 bits per heavy atom. The smallest absolute Gasteiger partial charge is 0.251 e. The highest BCUT2D eigenvalue weighted by atomic mass is 32.2. The Balaban J connectivity index is 1.66. The number of aromatic nitrogens is 1. The minimum atomic E-state index is -3.70. The zero-order valence-corrected chi connectivity index (χ0v) is 21.5. The lowest BCUT2D eigenvalue weighted by Crippen LogP contribution is -2.50. The topological polar surface area (TPSA) is 111 Å². The Hall–Kier alpha value is -3.17. The average Bonchev–Trinajstić information content (AvgIpc) is 3.26. The van der Waals surface area contributed by atoms with Gasteiger partial charge in [0.2, 0.25) is 15.9 Å². The van der Waals surface area contributed by atoms with Crippen molar-refractivity contribution in [1.82, 2.24) is 19.9 Å². The number of nitrogens with zero attached hydrogens (tertiary/aromatic N) is 1. The number of carbonyl (C=O) groups excluding carboxylic acids is 2.